The lowest BCUT2D eigenvalue weighted by Gasteiger charge is -2.19. The normalized spacial score (nSPS) is 19.6. The molecule has 1 aliphatic heterocycles. The predicted octanol–water partition coefficient (Wildman–Crippen LogP) is 4.40. The molecule has 34 heavy (non-hydrogen) atoms. The van der Waals surface area contributed by atoms with Gasteiger partial charge in [-0.3, -0.25) is 29.4 Å². The number of benzene rings is 2. The van der Waals surface area contributed by atoms with Crippen molar-refractivity contribution in [2.75, 3.05) is 23.7 Å². The Morgan fingerprint density at radius 2 is 1.79 bits per heavy atom. The highest BCUT2D eigenvalue weighted by Crippen LogP contribution is 2.38. The van der Waals surface area contributed by atoms with Gasteiger partial charge >= 0.3 is 0 Å². The number of nitro benzene ring substituents is 1. The van der Waals surface area contributed by atoms with Crippen molar-refractivity contribution in [3.63, 3.8) is 0 Å². The third kappa shape index (κ3) is 4.75. The summed E-state index contributed by atoms with van der Waals surface area (Å²) in [6.07, 6.45) is 3.39. The van der Waals surface area contributed by atoms with E-state index < -0.39 is 10.8 Å². The molecule has 1 saturated carbocycles. The largest absolute Gasteiger partial charge is 0.378 e. The average molecular weight is 485 g/mol. The second-order valence-electron chi connectivity index (χ2n) is 8.66. The molecule has 1 heterocycles. The van der Waals surface area contributed by atoms with Crippen LogP contribution in [-0.4, -0.2) is 40.6 Å². The maximum Gasteiger partial charge on any atom is 0.293 e. The van der Waals surface area contributed by atoms with Crippen molar-refractivity contribution < 1.29 is 19.3 Å². The summed E-state index contributed by atoms with van der Waals surface area (Å²) in [5.41, 5.74) is 1.38. The summed E-state index contributed by atoms with van der Waals surface area (Å²) in [7, 11) is 0. The summed E-state index contributed by atoms with van der Waals surface area (Å²) in [6.45, 7) is 2.15. The van der Waals surface area contributed by atoms with Gasteiger partial charge in [-0.25, -0.2) is 0 Å². The van der Waals surface area contributed by atoms with Gasteiger partial charge in [0, 0.05) is 35.4 Å². The standard InChI is InChI=1S/C24H25ClN4O5/c1-14-6-8-16(13-19(14)25)27-22(30)15-7-9-20(21(12-15)29(33)34)26-10-11-28-23(31)17-4-2-3-5-18(17)24(28)32/h6-9,12-13,17-18,26H,2-5,10-11H2,1H3,(H,27,30)/t17-,18+. The Labute approximate surface area is 201 Å². The summed E-state index contributed by atoms with van der Waals surface area (Å²) in [6, 6.07) is 9.17. The molecule has 1 saturated heterocycles. The van der Waals surface area contributed by atoms with Crippen molar-refractivity contribution in [1.29, 1.82) is 0 Å². The molecule has 3 amide bonds. The van der Waals surface area contributed by atoms with E-state index in [4.69, 9.17) is 11.6 Å². The third-order valence-corrected chi connectivity index (χ3v) is 6.88. The van der Waals surface area contributed by atoms with Crippen LogP contribution in [0.25, 0.3) is 0 Å². The summed E-state index contributed by atoms with van der Waals surface area (Å²) >= 11 is 6.09. The number of likely N-dealkylation sites (tertiary alicyclic amines) is 1. The number of aryl methyl sites for hydroxylation is 1. The number of hydrogen-bond donors (Lipinski definition) is 2. The van der Waals surface area contributed by atoms with Crippen molar-refractivity contribution in [1.82, 2.24) is 4.90 Å². The van der Waals surface area contributed by atoms with Crippen molar-refractivity contribution in [3.8, 4) is 0 Å². The molecule has 2 N–H and O–H groups in total. The fourth-order valence-electron chi connectivity index (χ4n) is 4.60. The number of imide groups is 1. The molecule has 2 atom stereocenters. The van der Waals surface area contributed by atoms with E-state index in [2.05, 4.69) is 10.6 Å². The van der Waals surface area contributed by atoms with Crippen molar-refractivity contribution >= 4 is 46.4 Å². The maximum absolute atomic E-state index is 12.6. The van der Waals surface area contributed by atoms with Gasteiger partial charge in [-0.1, -0.05) is 30.5 Å². The molecule has 10 heteroatoms. The van der Waals surface area contributed by atoms with E-state index >= 15 is 0 Å². The van der Waals surface area contributed by atoms with Crippen LogP contribution in [0.4, 0.5) is 17.1 Å². The minimum Gasteiger partial charge on any atom is -0.378 e. The van der Waals surface area contributed by atoms with E-state index in [0.717, 1.165) is 31.2 Å². The van der Waals surface area contributed by atoms with E-state index in [9.17, 15) is 24.5 Å². The summed E-state index contributed by atoms with van der Waals surface area (Å²) in [5, 5.41) is 17.7. The van der Waals surface area contributed by atoms with Crippen LogP contribution < -0.4 is 10.6 Å². The quantitative estimate of drug-likeness (QED) is 0.341. The van der Waals surface area contributed by atoms with Gasteiger partial charge in [0.2, 0.25) is 11.8 Å². The van der Waals surface area contributed by atoms with E-state index in [-0.39, 0.29) is 53.7 Å². The minimum atomic E-state index is -0.581. The Hall–Kier alpha value is -3.46. The number of hydrogen-bond acceptors (Lipinski definition) is 6. The number of carbonyl (C=O) groups excluding carboxylic acids is 3. The zero-order chi connectivity index (χ0) is 24.4. The first-order valence-electron chi connectivity index (χ1n) is 11.2. The number of halogens is 1. The Kier molecular flexibility index (Phi) is 6.83. The highest BCUT2D eigenvalue weighted by molar-refractivity contribution is 6.31. The second kappa shape index (κ2) is 9.80. The molecule has 0 aromatic heterocycles. The lowest BCUT2D eigenvalue weighted by atomic mass is 9.81. The van der Waals surface area contributed by atoms with Gasteiger partial charge in [0.25, 0.3) is 11.6 Å². The highest BCUT2D eigenvalue weighted by atomic mass is 35.5. The predicted molar refractivity (Wildman–Crippen MR) is 128 cm³/mol. The number of rotatable bonds is 7. The molecule has 1 aliphatic carbocycles. The molecule has 0 unspecified atom stereocenters. The first-order valence-corrected chi connectivity index (χ1v) is 11.6. The number of amides is 3. The fourth-order valence-corrected chi connectivity index (χ4v) is 4.78. The smallest absolute Gasteiger partial charge is 0.293 e. The number of fused-ring (bicyclic) bond motifs is 1. The number of anilines is 2. The first kappa shape index (κ1) is 23.7. The van der Waals surface area contributed by atoms with Gasteiger partial charge in [-0.15, -0.1) is 0 Å². The van der Waals surface area contributed by atoms with Crippen LogP contribution in [0.1, 0.15) is 41.6 Å². The molecule has 0 spiro atoms. The van der Waals surface area contributed by atoms with Crippen LogP contribution in [0, 0.1) is 28.9 Å². The molecule has 2 fully saturated rings. The maximum atomic E-state index is 12.6. The van der Waals surface area contributed by atoms with Crippen molar-refractivity contribution in [3.05, 3.63) is 62.7 Å². The Balaban J connectivity index is 1.42. The zero-order valence-electron chi connectivity index (χ0n) is 18.7. The Bertz CT molecular complexity index is 1140. The average Bonchev–Trinajstić information content (AvgIpc) is 3.06. The number of nitrogens with zero attached hydrogens (tertiary/aromatic N) is 2. The molecule has 178 valence electrons. The molecule has 2 aromatic rings. The first-order chi connectivity index (χ1) is 16.3. The Morgan fingerprint density at radius 3 is 2.41 bits per heavy atom. The van der Waals surface area contributed by atoms with Crippen LogP contribution in [0.15, 0.2) is 36.4 Å². The fraction of sp³-hybridized carbons (Fsp3) is 0.375. The van der Waals surface area contributed by atoms with Crippen LogP contribution in [-0.2, 0) is 9.59 Å². The highest BCUT2D eigenvalue weighted by Gasteiger charge is 2.47. The molecule has 2 aromatic carbocycles. The molecule has 4 rings (SSSR count). The number of nitro groups is 1. The van der Waals surface area contributed by atoms with Gasteiger partial charge in [0.05, 0.1) is 16.8 Å². The lowest BCUT2D eigenvalue weighted by molar-refractivity contribution is -0.384. The van der Waals surface area contributed by atoms with Crippen LogP contribution in [0.3, 0.4) is 0 Å². The van der Waals surface area contributed by atoms with E-state index in [1.807, 2.05) is 6.92 Å². The molecule has 0 radical (unpaired) electrons. The van der Waals surface area contributed by atoms with Crippen molar-refractivity contribution in [2.24, 2.45) is 11.8 Å². The summed E-state index contributed by atoms with van der Waals surface area (Å²) in [4.78, 5) is 50.1. The second-order valence-corrected chi connectivity index (χ2v) is 9.07. The van der Waals surface area contributed by atoms with E-state index in [1.165, 1.54) is 23.1 Å². The van der Waals surface area contributed by atoms with Gasteiger partial charge in [0.15, 0.2) is 0 Å². The molecule has 9 nitrogen and oxygen atoms in total. The van der Waals surface area contributed by atoms with Gasteiger partial charge in [0.1, 0.15) is 5.69 Å². The Morgan fingerprint density at radius 1 is 1.12 bits per heavy atom. The van der Waals surface area contributed by atoms with Gasteiger partial charge < -0.3 is 10.6 Å². The van der Waals surface area contributed by atoms with Gasteiger partial charge in [-0.05, 0) is 49.6 Å². The number of nitrogens with one attached hydrogen (secondary N) is 2. The van der Waals surface area contributed by atoms with Crippen LogP contribution in [0.2, 0.25) is 5.02 Å². The summed E-state index contributed by atoms with van der Waals surface area (Å²) in [5.74, 6) is -1.25. The van der Waals surface area contributed by atoms with E-state index in [1.54, 1.807) is 18.2 Å². The van der Waals surface area contributed by atoms with Crippen LogP contribution >= 0.6 is 11.6 Å². The lowest BCUT2D eigenvalue weighted by Crippen LogP contribution is -2.35. The summed E-state index contributed by atoms with van der Waals surface area (Å²) < 4.78 is 0. The van der Waals surface area contributed by atoms with Gasteiger partial charge in [-0.2, -0.15) is 0 Å². The monoisotopic (exact) mass is 484 g/mol. The molecular weight excluding hydrogens is 460 g/mol. The zero-order valence-corrected chi connectivity index (χ0v) is 19.4. The molecule has 2 aliphatic rings. The van der Waals surface area contributed by atoms with Crippen molar-refractivity contribution in [2.45, 2.75) is 32.6 Å². The SMILES string of the molecule is Cc1ccc(NC(=O)c2ccc(NCCN3C(=O)[C@H]4CCCC[C@H]4C3=O)c([N+](=O)[O-])c2)cc1Cl. The topological polar surface area (TPSA) is 122 Å². The van der Waals surface area contributed by atoms with E-state index in [0.29, 0.717) is 10.7 Å². The molecular formula is C24H25ClN4O5. The minimum absolute atomic E-state index is 0.114. The van der Waals surface area contributed by atoms with Crippen LogP contribution in [0.5, 0.6) is 0 Å². The third-order valence-electron chi connectivity index (χ3n) is 6.47. The number of carbonyl (C=O) groups is 3. The molecule has 0 bridgehead atoms.